The number of nitrogens with zero attached hydrogens (tertiary/aromatic N) is 5. The van der Waals surface area contributed by atoms with Gasteiger partial charge >= 0.3 is 6.61 Å². The number of carbonyl (C=O) groups is 1. The number of halogens is 2. The lowest BCUT2D eigenvalue weighted by atomic mass is 9.79. The molecule has 0 radical (unpaired) electrons. The van der Waals surface area contributed by atoms with Crippen LogP contribution in [-0.2, 0) is 5.41 Å². The summed E-state index contributed by atoms with van der Waals surface area (Å²) >= 11 is 0. The highest BCUT2D eigenvalue weighted by atomic mass is 19.3. The molecule has 4 aromatic heterocycles. The molecule has 5 heterocycles. The van der Waals surface area contributed by atoms with E-state index in [1.165, 1.54) is 12.1 Å². The Hall–Kier alpha value is -4.87. The number of alkyl halides is 2. The maximum atomic E-state index is 12.5. The number of pyridine rings is 1. The molecular formula is C30H30F2N8O2. The molecule has 1 aliphatic heterocycles. The number of rotatable bonds is 7. The summed E-state index contributed by atoms with van der Waals surface area (Å²) in [5.74, 6) is 1.65. The summed E-state index contributed by atoms with van der Waals surface area (Å²) in [6, 6.07) is 12.1. The molecule has 12 heteroatoms. The Morgan fingerprint density at radius 3 is 2.45 bits per heavy atom. The van der Waals surface area contributed by atoms with Crippen molar-refractivity contribution in [3.63, 3.8) is 0 Å². The molecule has 1 amide bonds. The fourth-order valence-electron chi connectivity index (χ4n) is 5.42. The zero-order chi connectivity index (χ0) is 29.4. The number of imidazole rings is 1. The third kappa shape index (κ3) is 5.15. The molecule has 1 aliphatic rings. The average molecular weight is 573 g/mol. The SMILES string of the molecule is CNC(=O)c1ccc(-c2cc3c(N4CCC(C)(c5nc(-c6ccc(OC(F)F)cc6)c(C)[nH]5)CC4)ncnc3[nH]2)cn1. The molecule has 10 nitrogen and oxygen atoms in total. The molecule has 1 fully saturated rings. The van der Waals surface area contributed by atoms with Gasteiger partial charge in [0.2, 0.25) is 0 Å². The van der Waals surface area contributed by atoms with Crippen molar-refractivity contribution < 1.29 is 18.3 Å². The third-order valence-electron chi connectivity index (χ3n) is 7.91. The molecular weight excluding hydrogens is 542 g/mol. The van der Waals surface area contributed by atoms with Crippen LogP contribution < -0.4 is 15.0 Å². The van der Waals surface area contributed by atoms with E-state index in [0.29, 0.717) is 5.69 Å². The van der Waals surface area contributed by atoms with E-state index in [-0.39, 0.29) is 17.1 Å². The van der Waals surface area contributed by atoms with Crippen LogP contribution in [-0.4, -0.2) is 62.6 Å². The number of carbonyl (C=O) groups excluding carboxylic acids is 1. The van der Waals surface area contributed by atoms with Gasteiger partial charge in [-0.05, 0) is 62.2 Å². The Kier molecular flexibility index (Phi) is 7.05. The molecule has 0 spiro atoms. The normalized spacial score (nSPS) is 14.9. The molecule has 1 aromatic carbocycles. The highest BCUT2D eigenvalue weighted by Gasteiger charge is 2.36. The number of benzene rings is 1. The number of aromatic nitrogens is 6. The number of anilines is 1. The van der Waals surface area contributed by atoms with Crippen molar-refractivity contribution in [3.05, 3.63) is 72.2 Å². The Balaban J connectivity index is 1.19. The van der Waals surface area contributed by atoms with Crippen molar-refractivity contribution >= 4 is 22.8 Å². The quantitative estimate of drug-likeness (QED) is 0.244. The van der Waals surface area contributed by atoms with Crippen LogP contribution in [0.3, 0.4) is 0 Å². The maximum Gasteiger partial charge on any atom is 0.387 e. The van der Waals surface area contributed by atoms with Crippen molar-refractivity contribution in [2.75, 3.05) is 25.0 Å². The van der Waals surface area contributed by atoms with Crippen molar-refractivity contribution in [1.29, 1.82) is 0 Å². The fourth-order valence-corrected chi connectivity index (χ4v) is 5.42. The zero-order valence-corrected chi connectivity index (χ0v) is 23.4. The minimum absolute atomic E-state index is 0.116. The molecule has 0 unspecified atom stereocenters. The lowest BCUT2D eigenvalue weighted by Gasteiger charge is -2.38. The van der Waals surface area contributed by atoms with E-state index >= 15 is 0 Å². The van der Waals surface area contributed by atoms with Crippen LogP contribution in [0.25, 0.3) is 33.5 Å². The number of piperidine rings is 1. The molecule has 5 aromatic rings. The van der Waals surface area contributed by atoms with Gasteiger partial charge in [-0.25, -0.2) is 15.0 Å². The first kappa shape index (κ1) is 27.3. The molecule has 6 rings (SSSR count). The number of ether oxygens (including phenoxy) is 1. The number of amides is 1. The van der Waals surface area contributed by atoms with Gasteiger partial charge in [-0.3, -0.25) is 9.78 Å². The van der Waals surface area contributed by atoms with Crippen molar-refractivity contribution in [1.82, 2.24) is 35.2 Å². The van der Waals surface area contributed by atoms with Crippen molar-refractivity contribution in [2.45, 2.75) is 38.7 Å². The highest BCUT2D eigenvalue weighted by Crippen LogP contribution is 2.38. The first-order valence-electron chi connectivity index (χ1n) is 13.6. The van der Waals surface area contributed by atoms with Crippen LogP contribution in [0.5, 0.6) is 5.75 Å². The van der Waals surface area contributed by atoms with Gasteiger partial charge in [0, 0.05) is 54.3 Å². The van der Waals surface area contributed by atoms with Gasteiger partial charge in [0.15, 0.2) is 0 Å². The first-order chi connectivity index (χ1) is 20.2. The minimum atomic E-state index is -2.86. The van der Waals surface area contributed by atoms with Crippen LogP contribution in [0.4, 0.5) is 14.6 Å². The second kappa shape index (κ2) is 10.8. The van der Waals surface area contributed by atoms with Gasteiger partial charge < -0.3 is 24.9 Å². The lowest BCUT2D eigenvalue weighted by molar-refractivity contribution is -0.0498. The van der Waals surface area contributed by atoms with Gasteiger partial charge in [-0.2, -0.15) is 8.78 Å². The van der Waals surface area contributed by atoms with E-state index in [2.05, 4.69) is 46.8 Å². The van der Waals surface area contributed by atoms with Crippen LogP contribution >= 0.6 is 0 Å². The zero-order valence-electron chi connectivity index (χ0n) is 23.4. The molecule has 0 saturated carbocycles. The Labute approximate surface area is 240 Å². The Morgan fingerprint density at radius 1 is 1.05 bits per heavy atom. The number of H-pyrrole nitrogens is 2. The van der Waals surface area contributed by atoms with Gasteiger partial charge in [0.05, 0.1) is 11.1 Å². The number of hydrogen-bond acceptors (Lipinski definition) is 7. The van der Waals surface area contributed by atoms with Gasteiger partial charge in [-0.1, -0.05) is 6.92 Å². The van der Waals surface area contributed by atoms with Gasteiger partial charge in [0.1, 0.15) is 35.1 Å². The van der Waals surface area contributed by atoms with Crippen molar-refractivity contribution in [3.8, 4) is 28.3 Å². The van der Waals surface area contributed by atoms with Crippen LogP contribution in [0.15, 0.2) is 55.0 Å². The summed E-state index contributed by atoms with van der Waals surface area (Å²) in [4.78, 5) is 39.2. The number of nitrogens with one attached hydrogen (secondary N) is 3. The van der Waals surface area contributed by atoms with E-state index in [9.17, 15) is 13.6 Å². The molecule has 0 bridgehead atoms. The Bertz CT molecular complexity index is 1720. The van der Waals surface area contributed by atoms with E-state index < -0.39 is 6.61 Å². The third-order valence-corrected chi connectivity index (χ3v) is 7.91. The fraction of sp³-hybridized carbons (Fsp3) is 0.300. The lowest BCUT2D eigenvalue weighted by Crippen LogP contribution is -2.42. The summed E-state index contributed by atoms with van der Waals surface area (Å²) in [7, 11) is 1.57. The largest absolute Gasteiger partial charge is 0.435 e. The monoisotopic (exact) mass is 572 g/mol. The van der Waals surface area contributed by atoms with Gasteiger partial charge in [0.25, 0.3) is 5.91 Å². The summed E-state index contributed by atoms with van der Waals surface area (Å²) in [5, 5.41) is 3.49. The number of hydrogen-bond donors (Lipinski definition) is 3. The summed E-state index contributed by atoms with van der Waals surface area (Å²) in [6.07, 6.45) is 4.95. The predicted octanol–water partition coefficient (Wildman–Crippen LogP) is 5.24. The maximum absolute atomic E-state index is 12.5. The van der Waals surface area contributed by atoms with Crippen LogP contribution in [0.2, 0.25) is 0 Å². The van der Waals surface area contributed by atoms with E-state index in [4.69, 9.17) is 4.98 Å². The Morgan fingerprint density at radius 2 is 1.79 bits per heavy atom. The van der Waals surface area contributed by atoms with E-state index in [0.717, 1.165) is 76.8 Å². The minimum Gasteiger partial charge on any atom is -0.435 e. The number of aromatic amines is 2. The standard InChI is InChI=1S/C30H30F2N8O2/c1-17-24(18-4-7-20(8-5-18)42-29(31)32)39-28(37-17)30(2)10-12-40(13-11-30)26-21-14-23(38-25(21)35-16-36-26)19-6-9-22(34-15-19)27(41)33-3/h4-9,14-16,29H,10-13H2,1-3H3,(H,33,41)(H,37,39)(H,35,36,38). The van der Waals surface area contributed by atoms with Crippen LogP contribution in [0, 0.1) is 6.92 Å². The summed E-state index contributed by atoms with van der Waals surface area (Å²) in [6.45, 7) is 2.88. The molecule has 3 N–H and O–H groups in total. The first-order valence-corrected chi connectivity index (χ1v) is 13.6. The molecule has 42 heavy (non-hydrogen) atoms. The van der Waals surface area contributed by atoms with E-state index in [1.54, 1.807) is 37.8 Å². The van der Waals surface area contributed by atoms with Crippen molar-refractivity contribution in [2.24, 2.45) is 0 Å². The predicted molar refractivity (Wildman–Crippen MR) is 155 cm³/mol. The number of fused-ring (bicyclic) bond motifs is 1. The topological polar surface area (TPSA) is 125 Å². The molecule has 0 atom stereocenters. The van der Waals surface area contributed by atoms with Gasteiger partial charge in [-0.15, -0.1) is 0 Å². The second-order valence-electron chi connectivity index (χ2n) is 10.7. The smallest absolute Gasteiger partial charge is 0.387 e. The molecule has 1 saturated heterocycles. The highest BCUT2D eigenvalue weighted by molar-refractivity contribution is 5.93. The van der Waals surface area contributed by atoms with E-state index in [1.807, 2.05) is 19.1 Å². The number of aryl methyl sites for hydroxylation is 1. The molecule has 0 aliphatic carbocycles. The summed E-state index contributed by atoms with van der Waals surface area (Å²) < 4.78 is 29.5. The summed E-state index contributed by atoms with van der Waals surface area (Å²) in [5.41, 5.74) is 5.16. The van der Waals surface area contributed by atoms with Crippen LogP contribution in [0.1, 0.15) is 41.8 Å². The molecule has 216 valence electrons. The average Bonchev–Trinajstić information content (AvgIpc) is 3.62. The second-order valence-corrected chi connectivity index (χ2v) is 10.7.